The second-order valence-electron chi connectivity index (χ2n) is 9.62. The van der Waals surface area contributed by atoms with E-state index in [0.29, 0.717) is 48.5 Å². The molecule has 2 aromatic heterocycles. The highest BCUT2D eigenvalue weighted by molar-refractivity contribution is 9.10. The smallest absolute Gasteiger partial charge is 0.338 e. The maximum absolute atomic E-state index is 14.0. The number of aromatic nitrogens is 1. The number of halogens is 2. The number of carboxylic acid groups (broad SMARTS) is 1. The predicted octanol–water partition coefficient (Wildman–Crippen LogP) is 5.57. The number of benzene rings is 2. The minimum atomic E-state index is -1.09. The van der Waals surface area contributed by atoms with Crippen LogP contribution in [0.2, 0.25) is 5.02 Å². The number of furan rings is 1. The number of allylic oxidation sites excluding steroid dienone is 1. The van der Waals surface area contributed by atoms with Crippen molar-refractivity contribution in [2.45, 2.75) is 32.9 Å². The van der Waals surface area contributed by atoms with Gasteiger partial charge < -0.3 is 19.0 Å². The predicted molar refractivity (Wildman–Crippen MR) is 162 cm³/mol. The van der Waals surface area contributed by atoms with E-state index in [0.717, 1.165) is 15.8 Å². The van der Waals surface area contributed by atoms with E-state index in [1.165, 1.54) is 29.9 Å². The van der Waals surface area contributed by atoms with Crippen LogP contribution in [0.25, 0.3) is 17.4 Å². The van der Waals surface area contributed by atoms with Gasteiger partial charge in [0.05, 0.1) is 39.6 Å². The molecule has 0 aliphatic carbocycles. The van der Waals surface area contributed by atoms with E-state index >= 15 is 0 Å². The Labute approximate surface area is 257 Å². The molecule has 0 saturated heterocycles. The number of fused-ring (bicyclic) bond motifs is 1. The summed E-state index contributed by atoms with van der Waals surface area (Å²) >= 11 is 10.9. The first-order chi connectivity index (χ1) is 20.0. The summed E-state index contributed by atoms with van der Waals surface area (Å²) in [6.07, 6.45) is 1.19. The number of hydrogen-bond donors (Lipinski definition) is 1. The highest BCUT2D eigenvalue weighted by atomic mass is 79.9. The summed E-state index contributed by atoms with van der Waals surface area (Å²) in [7, 11) is 1.52. The minimum Gasteiger partial charge on any atom is -0.496 e. The summed E-state index contributed by atoms with van der Waals surface area (Å²) in [4.78, 5) is 43.8. The molecule has 0 spiro atoms. The lowest BCUT2D eigenvalue weighted by Gasteiger charge is -2.26. The van der Waals surface area contributed by atoms with Gasteiger partial charge in [-0.15, -0.1) is 0 Å². The highest BCUT2D eigenvalue weighted by Gasteiger charge is 2.35. The van der Waals surface area contributed by atoms with Crippen LogP contribution < -0.4 is 19.6 Å². The summed E-state index contributed by atoms with van der Waals surface area (Å²) in [6, 6.07) is 12.1. The molecule has 1 aliphatic rings. The molecule has 0 saturated carbocycles. The van der Waals surface area contributed by atoms with E-state index < -0.39 is 23.5 Å². The summed E-state index contributed by atoms with van der Waals surface area (Å²) in [6.45, 7) is 5.21. The van der Waals surface area contributed by atoms with Crippen molar-refractivity contribution in [2.24, 2.45) is 4.99 Å². The number of carboxylic acids is 1. The molecular weight excluding hydrogens is 648 g/mol. The molecule has 5 rings (SSSR count). The molecule has 12 heteroatoms. The second-order valence-corrected chi connectivity index (χ2v) is 12.0. The molecule has 0 amide bonds. The van der Waals surface area contributed by atoms with Gasteiger partial charge >= 0.3 is 11.9 Å². The van der Waals surface area contributed by atoms with E-state index in [1.54, 1.807) is 51.1 Å². The van der Waals surface area contributed by atoms with Crippen molar-refractivity contribution in [3.05, 3.63) is 106 Å². The van der Waals surface area contributed by atoms with E-state index in [4.69, 9.17) is 25.5 Å². The fourth-order valence-corrected chi connectivity index (χ4v) is 6.24. The summed E-state index contributed by atoms with van der Waals surface area (Å²) in [5, 5.41) is 9.68. The van der Waals surface area contributed by atoms with Crippen LogP contribution in [0.3, 0.4) is 0 Å². The van der Waals surface area contributed by atoms with Gasteiger partial charge in [0, 0.05) is 21.7 Å². The lowest BCUT2D eigenvalue weighted by molar-refractivity contribution is -0.143. The van der Waals surface area contributed by atoms with Crippen LogP contribution >= 0.6 is 38.9 Å². The van der Waals surface area contributed by atoms with Gasteiger partial charge in [0.1, 0.15) is 23.3 Å². The third kappa shape index (κ3) is 5.59. The molecule has 1 aliphatic heterocycles. The molecule has 1 N–H and O–H groups in total. The van der Waals surface area contributed by atoms with Crippen molar-refractivity contribution in [2.75, 3.05) is 7.11 Å². The number of nitrogens with zero attached hydrogens (tertiary/aromatic N) is 2. The fourth-order valence-electron chi connectivity index (χ4n) is 4.62. The van der Waals surface area contributed by atoms with Crippen LogP contribution in [-0.2, 0) is 9.53 Å². The number of methoxy groups -OCH3 is 1. The minimum absolute atomic E-state index is 0.0609. The molecule has 2 aromatic carbocycles. The first-order valence-electron chi connectivity index (χ1n) is 12.7. The van der Waals surface area contributed by atoms with E-state index in [2.05, 4.69) is 20.9 Å². The van der Waals surface area contributed by atoms with Crippen molar-refractivity contribution >= 4 is 56.9 Å². The maximum atomic E-state index is 14.0. The Morgan fingerprint density at radius 2 is 1.95 bits per heavy atom. The Balaban J connectivity index is 1.67. The average Bonchev–Trinajstić information content (AvgIpc) is 3.51. The Morgan fingerprint density at radius 3 is 2.64 bits per heavy atom. The molecule has 0 bridgehead atoms. The van der Waals surface area contributed by atoms with Crippen molar-refractivity contribution in [3.63, 3.8) is 0 Å². The molecule has 9 nitrogen and oxygen atoms in total. The molecule has 0 radical (unpaired) electrons. The Hall–Kier alpha value is -3.93. The number of aromatic carboxylic acids is 1. The maximum Gasteiger partial charge on any atom is 0.338 e. The van der Waals surface area contributed by atoms with Gasteiger partial charge in [-0.2, -0.15) is 0 Å². The standard InChI is InChI=1S/C30H24BrClN2O7S/c1-14(2)40-29(38)25-15(3)33-30-34(26(25)20-12-17(31)6-9-22(20)39-4)27(35)24(42-30)13-18-7-10-23(41-18)19-11-16(28(36)37)5-8-21(19)32/h5-14,26H,1-4H3,(H,36,37)/b24-13-/t26-/m1/s1. The van der Waals surface area contributed by atoms with Gasteiger partial charge in [0.15, 0.2) is 4.80 Å². The zero-order valence-electron chi connectivity index (χ0n) is 22.8. The Kier molecular flexibility index (Phi) is 8.27. The highest BCUT2D eigenvalue weighted by Crippen LogP contribution is 2.37. The number of ether oxygens (including phenoxy) is 2. The molecular formula is C30H24BrClN2O7S. The van der Waals surface area contributed by atoms with E-state index in [-0.39, 0.29) is 17.2 Å². The number of hydrogen-bond acceptors (Lipinski definition) is 8. The normalized spacial score (nSPS) is 15.0. The zero-order chi connectivity index (χ0) is 30.3. The number of rotatable bonds is 7. The monoisotopic (exact) mass is 670 g/mol. The molecule has 42 heavy (non-hydrogen) atoms. The van der Waals surface area contributed by atoms with Crippen molar-refractivity contribution in [3.8, 4) is 17.1 Å². The lowest BCUT2D eigenvalue weighted by atomic mass is 9.95. The van der Waals surface area contributed by atoms with E-state index in [1.807, 2.05) is 6.07 Å². The topological polar surface area (TPSA) is 120 Å². The SMILES string of the molecule is COc1ccc(Br)cc1[C@@H]1C(C(=O)OC(C)C)=C(C)N=c2s/c(=C\c3ccc(-c4cc(C(=O)O)ccc4Cl)o3)c(=O)n21. The van der Waals surface area contributed by atoms with E-state index in [9.17, 15) is 19.5 Å². The van der Waals surface area contributed by atoms with Gasteiger partial charge in [-0.3, -0.25) is 9.36 Å². The summed E-state index contributed by atoms with van der Waals surface area (Å²) in [5.41, 5.74) is 1.31. The first-order valence-corrected chi connectivity index (χ1v) is 14.7. The zero-order valence-corrected chi connectivity index (χ0v) is 26.0. The van der Waals surface area contributed by atoms with Crippen LogP contribution in [0.1, 0.15) is 48.5 Å². The molecule has 0 unspecified atom stereocenters. The number of carbonyl (C=O) groups is 2. The van der Waals surface area contributed by atoms with Crippen molar-refractivity contribution < 1.29 is 28.6 Å². The second kappa shape index (κ2) is 11.7. The van der Waals surface area contributed by atoms with Gasteiger partial charge in [-0.25, -0.2) is 14.6 Å². The fraction of sp³-hybridized carbons (Fsp3) is 0.200. The largest absolute Gasteiger partial charge is 0.496 e. The number of thiazole rings is 1. The first kappa shape index (κ1) is 29.6. The molecule has 1 atom stereocenters. The van der Waals surface area contributed by atoms with Gasteiger partial charge in [0.2, 0.25) is 0 Å². The Bertz CT molecular complexity index is 1950. The van der Waals surface area contributed by atoms with Crippen LogP contribution in [0.4, 0.5) is 0 Å². The average molecular weight is 672 g/mol. The van der Waals surface area contributed by atoms with Crippen LogP contribution in [0, 0.1) is 0 Å². The summed E-state index contributed by atoms with van der Waals surface area (Å²) < 4.78 is 19.6. The van der Waals surface area contributed by atoms with Crippen molar-refractivity contribution in [1.82, 2.24) is 4.57 Å². The number of esters is 1. The summed E-state index contributed by atoms with van der Waals surface area (Å²) in [5.74, 6) is -0.501. The molecule has 3 heterocycles. The lowest BCUT2D eigenvalue weighted by Crippen LogP contribution is -2.40. The third-order valence-electron chi connectivity index (χ3n) is 6.45. The third-order valence-corrected chi connectivity index (χ3v) is 8.26. The quantitative estimate of drug-likeness (QED) is 0.255. The molecule has 0 fully saturated rings. The van der Waals surface area contributed by atoms with Crippen LogP contribution in [0.15, 0.2) is 78.5 Å². The molecule has 216 valence electrons. The van der Waals surface area contributed by atoms with Gasteiger partial charge in [0.25, 0.3) is 5.56 Å². The van der Waals surface area contributed by atoms with Crippen LogP contribution in [-0.4, -0.2) is 34.8 Å². The van der Waals surface area contributed by atoms with Gasteiger partial charge in [-0.1, -0.05) is 38.9 Å². The van der Waals surface area contributed by atoms with Crippen LogP contribution in [0.5, 0.6) is 5.75 Å². The van der Waals surface area contributed by atoms with Crippen molar-refractivity contribution in [1.29, 1.82) is 0 Å². The molecule has 4 aromatic rings. The number of carbonyl (C=O) groups excluding carboxylic acids is 1. The Morgan fingerprint density at radius 1 is 1.19 bits per heavy atom. The van der Waals surface area contributed by atoms with Gasteiger partial charge in [-0.05, 0) is 69.3 Å².